The molecule has 0 bridgehead atoms. The van der Waals surface area contributed by atoms with E-state index in [2.05, 4.69) is 9.97 Å². The number of carbonyl (C=O) groups is 1. The van der Waals surface area contributed by atoms with Gasteiger partial charge in [-0.3, -0.25) is 4.79 Å². The van der Waals surface area contributed by atoms with Gasteiger partial charge in [0.25, 0.3) is 5.91 Å². The van der Waals surface area contributed by atoms with Gasteiger partial charge in [-0.05, 0) is 33.3 Å². The molecule has 0 N–H and O–H groups in total. The molecule has 124 valence electrons. The number of aryl methyl sites for hydroxylation is 3. The molecule has 2 aromatic rings. The normalized spacial score (nSPS) is 21.9. The molecule has 6 heteroatoms. The molecule has 0 aliphatic carbocycles. The van der Waals surface area contributed by atoms with Gasteiger partial charge in [-0.15, -0.1) is 11.3 Å². The molecule has 3 rings (SSSR count). The summed E-state index contributed by atoms with van der Waals surface area (Å²) in [6.07, 6.45) is 0.950. The molecule has 2 atom stereocenters. The van der Waals surface area contributed by atoms with Crippen LogP contribution in [-0.4, -0.2) is 46.1 Å². The van der Waals surface area contributed by atoms with E-state index in [0.29, 0.717) is 13.1 Å². The van der Waals surface area contributed by atoms with Gasteiger partial charge in [-0.1, -0.05) is 6.92 Å². The van der Waals surface area contributed by atoms with E-state index in [1.54, 1.807) is 0 Å². The third-order valence-corrected chi connectivity index (χ3v) is 5.41. The van der Waals surface area contributed by atoms with Crippen molar-refractivity contribution in [2.45, 2.75) is 53.2 Å². The van der Waals surface area contributed by atoms with Gasteiger partial charge in [-0.2, -0.15) is 0 Å². The van der Waals surface area contributed by atoms with Gasteiger partial charge in [0, 0.05) is 30.6 Å². The van der Waals surface area contributed by atoms with Crippen molar-refractivity contribution in [1.82, 2.24) is 14.9 Å². The topological polar surface area (TPSA) is 55.3 Å². The summed E-state index contributed by atoms with van der Waals surface area (Å²) in [4.78, 5) is 25.7. The molecular formula is C17H23N3O2S. The minimum Gasteiger partial charge on any atom is -0.372 e. The second-order valence-electron chi connectivity index (χ2n) is 6.28. The fourth-order valence-corrected chi connectivity index (χ4v) is 4.46. The number of ether oxygens (including phenoxy) is 1. The summed E-state index contributed by atoms with van der Waals surface area (Å²) in [5, 5.41) is 1.03. The summed E-state index contributed by atoms with van der Waals surface area (Å²) in [7, 11) is 0. The maximum atomic E-state index is 13.0. The maximum Gasteiger partial charge on any atom is 0.264 e. The maximum absolute atomic E-state index is 13.0. The molecule has 0 radical (unpaired) electrons. The third-order valence-electron chi connectivity index (χ3n) is 4.23. The quantitative estimate of drug-likeness (QED) is 0.847. The van der Waals surface area contributed by atoms with Crippen molar-refractivity contribution < 1.29 is 9.53 Å². The summed E-state index contributed by atoms with van der Waals surface area (Å²) in [5.41, 5.74) is 1.96. The predicted octanol–water partition coefficient (Wildman–Crippen LogP) is 3.12. The predicted molar refractivity (Wildman–Crippen MR) is 92.2 cm³/mol. The van der Waals surface area contributed by atoms with Crippen LogP contribution in [0.25, 0.3) is 10.2 Å². The Bertz CT molecular complexity index is 746. The first-order chi connectivity index (χ1) is 10.9. The van der Waals surface area contributed by atoms with Gasteiger partial charge in [0.05, 0.1) is 17.1 Å². The second kappa shape index (κ2) is 6.17. The third kappa shape index (κ3) is 2.97. The zero-order valence-corrected chi connectivity index (χ0v) is 15.2. The Morgan fingerprint density at radius 1 is 1.26 bits per heavy atom. The van der Waals surface area contributed by atoms with Crippen molar-refractivity contribution >= 4 is 27.5 Å². The average molecular weight is 333 g/mol. The van der Waals surface area contributed by atoms with E-state index in [4.69, 9.17) is 4.74 Å². The van der Waals surface area contributed by atoms with Crippen molar-refractivity contribution in [2.24, 2.45) is 0 Å². The summed E-state index contributed by atoms with van der Waals surface area (Å²) < 4.78 is 5.73. The van der Waals surface area contributed by atoms with E-state index in [1.807, 2.05) is 39.5 Å². The lowest BCUT2D eigenvalue weighted by Crippen LogP contribution is -2.48. The molecule has 1 fully saturated rings. The number of amides is 1. The van der Waals surface area contributed by atoms with Crippen LogP contribution >= 0.6 is 11.3 Å². The van der Waals surface area contributed by atoms with Gasteiger partial charge < -0.3 is 9.64 Å². The highest BCUT2D eigenvalue weighted by atomic mass is 32.1. The van der Waals surface area contributed by atoms with Crippen LogP contribution in [0.2, 0.25) is 0 Å². The zero-order valence-electron chi connectivity index (χ0n) is 14.3. The first-order valence-corrected chi connectivity index (χ1v) is 8.93. The number of aromatic nitrogens is 2. The summed E-state index contributed by atoms with van der Waals surface area (Å²) in [5.74, 6) is 0.925. The lowest BCUT2D eigenvalue weighted by atomic mass is 10.1. The number of hydrogen-bond acceptors (Lipinski definition) is 5. The highest BCUT2D eigenvalue weighted by Crippen LogP contribution is 2.32. The minimum absolute atomic E-state index is 0.0746. The SMILES string of the molecule is CCc1nc(C)c2c(C)c(C(=O)N3CC(C)OC(C)C3)sc2n1. The van der Waals surface area contributed by atoms with Crippen LogP contribution in [0.1, 0.15) is 47.5 Å². The van der Waals surface area contributed by atoms with E-state index < -0.39 is 0 Å². The number of thiophene rings is 1. The van der Waals surface area contributed by atoms with E-state index in [1.165, 1.54) is 11.3 Å². The number of fused-ring (bicyclic) bond motifs is 1. The average Bonchev–Trinajstić information content (AvgIpc) is 2.82. The van der Waals surface area contributed by atoms with E-state index >= 15 is 0 Å². The van der Waals surface area contributed by atoms with Crippen molar-refractivity contribution in [1.29, 1.82) is 0 Å². The molecule has 1 amide bonds. The summed E-state index contributed by atoms with van der Waals surface area (Å²) >= 11 is 1.49. The number of carbonyl (C=O) groups excluding carboxylic acids is 1. The number of nitrogens with zero attached hydrogens (tertiary/aromatic N) is 3. The second-order valence-corrected chi connectivity index (χ2v) is 7.28. The van der Waals surface area contributed by atoms with E-state index in [0.717, 1.165) is 38.6 Å². The van der Waals surface area contributed by atoms with Crippen molar-refractivity contribution in [3.05, 3.63) is 22.0 Å². The molecule has 1 saturated heterocycles. The molecule has 0 aromatic carbocycles. The first-order valence-electron chi connectivity index (χ1n) is 8.12. The largest absolute Gasteiger partial charge is 0.372 e. The van der Waals surface area contributed by atoms with Gasteiger partial charge in [0.15, 0.2) is 0 Å². The molecule has 0 saturated carbocycles. The Hall–Kier alpha value is -1.53. The Morgan fingerprint density at radius 2 is 1.91 bits per heavy atom. The fraction of sp³-hybridized carbons (Fsp3) is 0.588. The van der Waals surface area contributed by atoms with Crippen molar-refractivity contribution in [3.63, 3.8) is 0 Å². The minimum atomic E-state index is 0.0746. The Morgan fingerprint density at radius 3 is 2.52 bits per heavy atom. The molecule has 1 aliphatic heterocycles. The molecule has 2 aromatic heterocycles. The van der Waals surface area contributed by atoms with Crippen LogP contribution in [0, 0.1) is 13.8 Å². The molecule has 2 unspecified atom stereocenters. The smallest absolute Gasteiger partial charge is 0.264 e. The highest BCUT2D eigenvalue weighted by molar-refractivity contribution is 7.20. The van der Waals surface area contributed by atoms with Gasteiger partial charge in [-0.25, -0.2) is 9.97 Å². The van der Waals surface area contributed by atoms with Gasteiger partial charge in [0.1, 0.15) is 10.7 Å². The zero-order chi connectivity index (χ0) is 16.7. The monoisotopic (exact) mass is 333 g/mol. The van der Waals surface area contributed by atoms with Crippen molar-refractivity contribution in [2.75, 3.05) is 13.1 Å². The molecular weight excluding hydrogens is 310 g/mol. The van der Waals surface area contributed by atoms with Crippen LogP contribution in [0.4, 0.5) is 0 Å². The van der Waals surface area contributed by atoms with E-state index in [-0.39, 0.29) is 18.1 Å². The molecule has 5 nitrogen and oxygen atoms in total. The lowest BCUT2D eigenvalue weighted by molar-refractivity contribution is -0.0585. The standard InChI is InChI=1S/C17H23N3O2S/c1-6-13-18-12(5)14-11(4)15(23-16(14)19-13)17(21)20-7-9(2)22-10(3)8-20/h9-10H,6-8H2,1-5H3. The molecule has 0 spiro atoms. The number of morpholine rings is 1. The van der Waals surface area contributed by atoms with Crippen LogP contribution < -0.4 is 0 Å². The fourth-order valence-electron chi connectivity index (χ4n) is 3.24. The van der Waals surface area contributed by atoms with Crippen LogP contribution in [0.3, 0.4) is 0 Å². The summed E-state index contributed by atoms with van der Waals surface area (Å²) in [6.45, 7) is 11.3. The van der Waals surface area contributed by atoms with Gasteiger partial charge >= 0.3 is 0 Å². The van der Waals surface area contributed by atoms with Crippen molar-refractivity contribution in [3.8, 4) is 0 Å². The Balaban J connectivity index is 2.01. The number of hydrogen-bond donors (Lipinski definition) is 0. The molecule has 1 aliphatic rings. The van der Waals surface area contributed by atoms with Crippen LogP contribution in [0.15, 0.2) is 0 Å². The first kappa shape index (κ1) is 16.3. The van der Waals surface area contributed by atoms with Crippen LogP contribution in [0.5, 0.6) is 0 Å². The Kier molecular flexibility index (Phi) is 4.38. The molecule has 23 heavy (non-hydrogen) atoms. The molecule has 3 heterocycles. The van der Waals surface area contributed by atoms with Crippen LogP contribution in [-0.2, 0) is 11.2 Å². The van der Waals surface area contributed by atoms with E-state index in [9.17, 15) is 4.79 Å². The highest BCUT2D eigenvalue weighted by Gasteiger charge is 2.29. The van der Waals surface area contributed by atoms with Gasteiger partial charge in [0.2, 0.25) is 0 Å². The summed E-state index contributed by atoms with van der Waals surface area (Å²) in [6, 6.07) is 0. The number of rotatable bonds is 2. The lowest BCUT2D eigenvalue weighted by Gasteiger charge is -2.35. The Labute approximate surface area is 140 Å².